The van der Waals surface area contributed by atoms with Gasteiger partial charge in [-0.05, 0) is 6.92 Å². The van der Waals surface area contributed by atoms with Crippen molar-refractivity contribution in [2.75, 3.05) is 0 Å². The Bertz CT molecular complexity index is 292. The SMILES string of the molecule is CC(=O)c1ccccc1[Si](C)C. The molecule has 12 heavy (non-hydrogen) atoms. The normalized spacial score (nSPS) is 10.3. The third kappa shape index (κ3) is 1.83. The van der Waals surface area contributed by atoms with Gasteiger partial charge in [0.1, 0.15) is 0 Å². The van der Waals surface area contributed by atoms with Crippen molar-refractivity contribution in [3.05, 3.63) is 29.8 Å². The van der Waals surface area contributed by atoms with E-state index in [1.807, 2.05) is 18.2 Å². The number of Topliss-reactive ketones (excluding diaryl/α,β-unsaturated/α-hetero) is 1. The van der Waals surface area contributed by atoms with Crippen molar-refractivity contribution >= 4 is 19.8 Å². The monoisotopic (exact) mass is 177 g/mol. The number of hydrogen-bond donors (Lipinski definition) is 0. The van der Waals surface area contributed by atoms with Crippen molar-refractivity contribution < 1.29 is 4.79 Å². The van der Waals surface area contributed by atoms with Gasteiger partial charge in [0.05, 0.1) is 8.80 Å². The van der Waals surface area contributed by atoms with E-state index >= 15 is 0 Å². The first-order chi connectivity index (χ1) is 5.63. The van der Waals surface area contributed by atoms with E-state index in [-0.39, 0.29) is 5.78 Å². The molecule has 2 heteroatoms. The van der Waals surface area contributed by atoms with Crippen molar-refractivity contribution in [1.82, 2.24) is 0 Å². The Balaban J connectivity index is 3.17. The highest BCUT2D eigenvalue weighted by Gasteiger charge is 2.09. The van der Waals surface area contributed by atoms with E-state index < -0.39 is 8.80 Å². The molecule has 0 aliphatic carbocycles. The van der Waals surface area contributed by atoms with E-state index in [1.54, 1.807) is 6.92 Å². The van der Waals surface area contributed by atoms with Gasteiger partial charge in [-0.15, -0.1) is 0 Å². The van der Waals surface area contributed by atoms with Crippen LogP contribution in [0.3, 0.4) is 0 Å². The lowest BCUT2D eigenvalue weighted by Crippen LogP contribution is -2.28. The zero-order valence-electron chi connectivity index (χ0n) is 7.72. The fourth-order valence-electron chi connectivity index (χ4n) is 1.23. The molecule has 0 saturated heterocycles. The van der Waals surface area contributed by atoms with Crippen LogP contribution in [0.4, 0.5) is 0 Å². The second-order valence-electron chi connectivity index (χ2n) is 3.10. The Morgan fingerprint density at radius 2 is 1.83 bits per heavy atom. The second-order valence-corrected chi connectivity index (χ2v) is 5.64. The summed E-state index contributed by atoms with van der Waals surface area (Å²) in [5.74, 6) is 0.178. The lowest BCUT2D eigenvalue weighted by atomic mass is 10.1. The van der Waals surface area contributed by atoms with E-state index in [9.17, 15) is 4.79 Å². The Morgan fingerprint density at radius 3 is 2.25 bits per heavy atom. The molecule has 0 spiro atoms. The molecular weight excluding hydrogens is 164 g/mol. The molecule has 1 rings (SSSR count). The van der Waals surface area contributed by atoms with Crippen LogP contribution in [-0.4, -0.2) is 14.6 Å². The van der Waals surface area contributed by atoms with E-state index in [2.05, 4.69) is 19.2 Å². The summed E-state index contributed by atoms with van der Waals surface area (Å²) < 4.78 is 0. The van der Waals surface area contributed by atoms with Gasteiger partial charge >= 0.3 is 0 Å². The highest BCUT2D eigenvalue weighted by Crippen LogP contribution is 1.99. The third-order valence-electron chi connectivity index (χ3n) is 1.85. The summed E-state index contributed by atoms with van der Waals surface area (Å²) >= 11 is 0. The molecule has 63 valence electrons. The molecule has 1 radical (unpaired) electrons. The van der Waals surface area contributed by atoms with Crippen molar-refractivity contribution in [1.29, 1.82) is 0 Å². The zero-order chi connectivity index (χ0) is 9.14. The topological polar surface area (TPSA) is 17.1 Å². The molecule has 1 aromatic rings. The molecule has 0 fully saturated rings. The average molecular weight is 177 g/mol. The minimum Gasteiger partial charge on any atom is -0.295 e. The zero-order valence-corrected chi connectivity index (χ0v) is 8.72. The van der Waals surface area contributed by atoms with E-state index in [4.69, 9.17) is 0 Å². The highest BCUT2D eigenvalue weighted by atomic mass is 28.3. The Labute approximate surface area is 75.0 Å². The van der Waals surface area contributed by atoms with Crippen LogP contribution in [0, 0.1) is 0 Å². The first kappa shape index (κ1) is 9.20. The number of carbonyl (C=O) groups is 1. The minimum absolute atomic E-state index is 0.178. The largest absolute Gasteiger partial charge is 0.295 e. The third-order valence-corrected chi connectivity index (χ3v) is 3.36. The predicted molar refractivity (Wildman–Crippen MR) is 53.6 cm³/mol. The molecule has 0 saturated carbocycles. The molecule has 0 aliphatic rings. The fraction of sp³-hybridized carbons (Fsp3) is 0.300. The van der Waals surface area contributed by atoms with E-state index in [0.717, 1.165) is 5.56 Å². The van der Waals surface area contributed by atoms with Crippen molar-refractivity contribution in [3.8, 4) is 0 Å². The van der Waals surface area contributed by atoms with Crippen LogP contribution in [0.5, 0.6) is 0 Å². The second kappa shape index (κ2) is 3.67. The van der Waals surface area contributed by atoms with Crippen LogP contribution in [0.1, 0.15) is 17.3 Å². The van der Waals surface area contributed by atoms with Gasteiger partial charge in [0.2, 0.25) is 0 Å². The number of ketones is 1. The van der Waals surface area contributed by atoms with Gasteiger partial charge in [-0.25, -0.2) is 0 Å². The lowest BCUT2D eigenvalue weighted by molar-refractivity contribution is 0.101. The van der Waals surface area contributed by atoms with Crippen LogP contribution in [0.2, 0.25) is 13.1 Å². The molecule has 0 bridgehead atoms. The maximum absolute atomic E-state index is 11.2. The highest BCUT2D eigenvalue weighted by molar-refractivity contribution is 6.72. The van der Waals surface area contributed by atoms with E-state index in [1.165, 1.54) is 5.19 Å². The van der Waals surface area contributed by atoms with Crippen LogP contribution >= 0.6 is 0 Å². The summed E-state index contributed by atoms with van der Waals surface area (Å²) in [6.45, 7) is 6.03. The predicted octanol–water partition coefficient (Wildman–Crippen LogP) is 1.85. The molecule has 0 atom stereocenters. The first-order valence-corrected chi connectivity index (χ1v) is 6.53. The van der Waals surface area contributed by atoms with Crippen LogP contribution in [0.25, 0.3) is 0 Å². The van der Waals surface area contributed by atoms with Gasteiger partial charge in [0.25, 0.3) is 0 Å². The Morgan fingerprint density at radius 1 is 1.25 bits per heavy atom. The van der Waals surface area contributed by atoms with Crippen molar-refractivity contribution in [2.45, 2.75) is 20.0 Å². The summed E-state index contributed by atoms with van der Waals surface area (Å²) in [5, 5.41) is 1.25. The maximum Gasteiger partial charge on any atom is 0.159 e. The molecule has 0 heterocycles. The summed E-state index contributed by atoms with van der Waals surface area (Å²) in [7, 11) is -0.507. The molecule has 0 unspecified atom stereocenters. The van der Waals surface area contributed by atoms with Crippen LogP contribution in [0.15, 0.2) is 24.3 Å². The van der Waals surface area contributed by atoms with Crippen molar-refractivity contribution in [2.24, 2.45) is 0 Å². The Kier molecular flexibility index (Phi) is 2.81. The summed E-state index contributed by atoms with van der Waals surface area (Å²) in [4.78, 5) is 11.2. The van der Waals surface area contributed by atoms with Crippen LogP contribution < -0.4 is 5.19 Å². The van der Waals surface area contributed by atoms with Gasteiger partial charge in [-0.3, -0.25) is 4.79 Å². The lowest BCUT2D eigenvalue weighted by Gasteiger charge is -2.07. The van der Waals surface area contributed by atoms with Crippen LogP contribution in [-0.2, 0) is 0 Å². The summed E-state index contributed by atoms with van der Waals surface area (Å²) in [6, 6.07) is 7.89. The molecule has 0 aromatic heterocycles. The smallest absolute Gasteiger partial charge is 0.159 e. The van der Waals surface area contributed by atoms with Crippen molar-refractivity contribution in [3.63, 3.8) is 0 Å². The fourth-order valence-corrected chi connectivity index (χ4v) is 2.45. The standard InChI is InChI=1S/C10H13OSi/c1-8(11)9-6-4-5-7-10(9)12(2)3/h4-7H,1-3H3. The molecular formula is C10H13OSi. The number of carbonyl (C=O) groups excluding carboxylic acids is 1. The van der Waals surface area contributed by atoms with Gasteiger partial charge in [0, 0.05) is 5.56 Å². The minimum atomic E-state index is -0.507. The van der Waals surface area contributed by atoms with Gasteiger partial charge in [-0.1, -0.05) is 42.5 Å². The number of benzene rings is 1. The number of rotatable bonds is 2. The maximum atomic E-state index is 11.2. The molecule has 0 aliphatic heterocycles. The summed E-state index contributed by atoms with van der Waals surface area (Å²) in [6.07, 6.45) is 0. The summed E-state index contributed by atoms with van der Waals surface area (Å²) in [5.41, 5.74) is 0.899. The average Bonchev–Trinajstić information content (AvgIpc) is 2.04. The van der Waals surface area contributed by atoms with Gasteiger partial charge in [0.15, 0.2) is 5.78 Å². The molecule has 1 nitrogen and oxygen atoms in total. The van der Waals surface area contributed by atoms with Gasteiger partial charge < -0.3 is 0 Å². The molecule has 1 aromatic carbocycles. The Hall–Kier alpha value is -0.893. The first-order valence-electron chi connectivity index (χ1n) is 4.03. The quantitative estimate of drug-likeness (QED) is 0.498. The van der Waals surface area contributed by atoms with Gasteiger partial charge in [-0.2, -0.15) is 0 Å². The molecule has 0 amide bonds. The molecule has 0 N–H and O–H groups in total. The number of hydrogen-bond acceptors (Lipinski definition) is 1. The van der Waals surface area contributed by atoms with E-state index in [0.29, 0.717) is 0 Å².